The van der Waals surface area contributed by atoms with Crippen LogP contribution in [0.3, 0.4) is 0 Å². The smallest absolute Gasteiger partial charge is 0.0991 e. The molecule has 0 amide bonds. The van der Waals surface area contributed by atoms with Gasteiger partial charge in [0.2, 0.25) is 0 Å². The van der Waals surface area contributed by atoms with Crippen molar-refractivity contribution < 1.29 is 0 Å². The summed E-state index contributed by atoms with van der Waals surface area (Å²) in [5.74, 6) is 0. The van der Waals surface area contributed by atoms with Crippen molar-refractivity contribution in [2.24, 2.45) is 0 Å². The van der Waals surface area contributed by atoms with E-state index < -0.39 is 0 Å². The minimum Gasteiger partial charge on any atom is -0.309 e. The Morgan fingerprint density at radius 1 is 0.373 bits per heavy atom. The Morgan fingerprint density at radius 2 is 0.867 bits per heavy atom. The molecule has 350 valence electrons. The van der Waals surface area contributed by atoms with E-state index in [0.717, 1.165) is 116 Å². The summed E-state index contributed by atoms with van der Waals surface area (Å²) in [5.41, 5.74) is 20.4. The van der Waals surface area contributed by atoms with Crippen LogP contribution >= 0.6 is 0 Å². The monoisotopic (exact) mass is 957 g/mol. The fourth-order valence-corrected chi connectivity index (χ4v) is 11.5. The van der Waals surface area contributed by atoms with E-state index in [4.69, 9.17) is 4.98 Å². The third kappa shape index (κ3) is 6.95. The van der Waals surface area contributed by atoms with Crippen LogP contribution in [0, 0.1) is 36.5 Å². The number of aryl methyl sites for hydroxylation is 2. The first-order valence-corrected chi connectivity index (χ1v) is 25.1. The maximum Gasteiger partial charge on any atom is 0.0991 e. The molecular weight excluding hydrogens is 915 g/mol. The van der Waals surface area contributed by atoms with Gasteiger partial charge < -0.3 is 13.7 Å². The highest BCUT2D eigenvalue weighted by molar-refractivity contribution is 6.13. The molecule has 0 bridgehead atoms. The van der Waals surface area contributed by atoms with Gasteiger partial charge in [0.25, 0.3) is 0 Å². The van der Waals surface area contributed by atoms with Gasteiger partial charge in [-0.2, -0.15) is 10.5 Å². The zero-order chi connectivity index (χ0) is 50.3. The van der Waals surface area contributed by atoms with Gasteiger partial charge in [-0.25, -0.2) is 4.98 Å². The Hall–Kier alpha value is -10.3. The van der Waals surface area contributed by atoms with Crippen LogP contribution in [0.5, 0.6) is 0 Å². The third-order valence-electron chi connectivity index (χ3n) is 14.9. The normalized spacial score (nSPS) is 11.6. The van der Waals surface area contributed by atoms with Gasteiger partial charge in [0, 0.05) is 78.3 Å². The molecule has 75 heavy (non-hydrogen) atoms. The van der Waals surface area contributed by atoms with Crippen LogP contribution in [0.15, 0.2) is 225 Å². The molecule has 0 radical (unpaired) electrons. The van der Waals surface area contributed by atoms with Gasteiger partial charge in [-0.3, -0.25) is 4.98 Å². The summed E-state index contributed by atoms with van der Waals surface area (Å²) in [6.45, 7) is 4.32. The Balaban J connectivity index is 1.11. The van der Waals surface area contributed by atoms with Crippen LogP contribution in [-0.2, 0) is 0 Å². The molecule has 7 heteroatoms. The number of benzene rings is 9. The van der Waals surface area contributed by atoms with E-state index in [9.17, 15) is 10.5 Å². The van der Waals surface area contributed by atoms with E-state index in [0.29, 0.717) is 11.1 Å². The molecule has 14 aromatic rings. The van der Waals surface area contributed by atoms with Gasteiger partial charge in [-0.05, 0) is 134 Å². The molecule has 0 N–H and O–H groups in total. The van der Waals surface area contributed by atoms with Crippen molar-refractivity contribution in [2.75, 3.05) is 0 Å². The van der Waals surface area contributed by atoms with Crippen molar-refractivity contribution in [3.63, 3.8) is 0 Å². The largest absolute Gasteiger partial charge is 0.309 e. The molecule has 7 nitrogen and oxygen atoms in total. The second-order valence-electron chi connectivity index (χ2n) is 19.4. The first-order chi connectivity index (χ1) is 36.9. The second-order valence-corrected chi connectivity index (χ2v) is 19.4. The quantitative estimate of drug-likeness (QED) is 0.159. The van der Waals surface area contributed by atoms with Crippen molar-refractivity contribution in [1.29, 1.82) is 10.5 Å². The SMILES string of the molecule is Cc1ccc2c(c1)c1cc(C)ccc1n2-c1c(-c2ccccc2-c2cccnc2)cc(-c2cccc(-n3c4ccccc4c4cc(C#N)ccc43)c2)nc1-c1cccc(-n2c3ccccc3c3cc(C#N)ccc32)c1. The van der Waals surface area contributed by atoms with Crippen LogP contribution in [-0.4, -0.2) is 23.7 Å². The Labute approximate surface area is 432 Å². The lowest BCUT2D eigenvalue weighted by Crippen LogP contribution is -2.05. The average molecular weight is 958 g/mol. The second kappa shape index (κ2) is 17.2. The van der Waals surface area contributed by atoms with Crippen LogP contribution in [0.2, 0.25) is 0 Å². The summed E-state index contributed by atoms with van der Waals surface area (Å²) in [7, 11) is 0. The number of nitriles is 2. The maximum absolute atomic E-state index is 10.00. The number of pyridine rings is 2. The van der Waals surface area contributed by atoms with E-state index in [1.165, 1.54) is 21.9 Å². The summed E-state index contributed by atoms with van der Waals surface area (Å²) < 4.78 is 7.03. The van der Waals surface area contributed by atoms with E-state index in [-0.39, 0.29) is 0 Å². The van der Waals surface area contributed by atoms with E-state index in [1.54, 1.807) is 0 Å². The molecule has 9 aromatic carbocycles. The number of hydrogen-bond donors (Lipinski definition) is 0. The molecule has 0 aliphatic rings. The molecule has 14 rings (SSSR count). The number of nitrogens with zero attached hydrogens (tertiary/aromatic N) is 7. The molecule has 0 saturated carbocycles. The fourth-order valence-electron chi connectivity index (χ4n) is 11.5. The summed E-state index contributed by atoms with van der Waals surface area (Å²) in [5, 5.41) is 26.5. The zero-order valence-corrected chi connectivity index (χ0v) is 41.0. The molecule has 0 saturated heterocycles. The third-order valence-corrected chi connectivity index (χ3v) is 14.9. The summed E-state index contributed by atoms with van der Waals surface area (Å²) >= 11 is 0. The van der Waals surface area contributed by atoms with Gasteiger partial charge in [-0.1, -0.05) is 114 Å². The lowest BCUT2D eigenvalue weighted by molar-refractivity contribution is 1.14. The summed E-state index contributed by atoms with van der Waals surface area (Å²) in [4.78, 5) is 10.5. The zero-order valence-electron chi connectivity index (χ0n) is 41.0. The van der Waals surface area contributed by atoms with Crippen LogP contribution < -0.4 is 0 Å². The van der Waals surface area contributed by atoms with Crippen molar-refractivity contribution in [1.82, 2.24) is 23.7 Å². The van der Waals surface area contributed by atoms with E-state index in [1.807, 2.05) is 42.7 Å². The van der Waals surface area contributed by atoms with Gasteiger partial charge in [0.05, 0.1) is 73.4 Å². The minimum absolute atomic E-state index is 0.621. The summed E-state index contributed by atoms with van der Waals surface area (Å²) in [6, 6.07) is 79.4. The van der Waals surface area contributed by atoms with E-state index in [2.05, 4.69) is 227 Å². The highest BCUT2D eigenvalue weighted by atomic mass is 15.0. The number of hydrogen-bond acceptors (Lipinski definition) is 4. The van der Waals surface area contributed by atoms with Gasteiger partial charge >= 0.3 is 0 Å². The predicted octanol–water partition coefficient (Wildman–Crippen LogP) is 16.8. The molecular formula is C68H43N7. The van der Waals surface area contributed by atoms with Crippen molar-refractivity contribution >= 4 is 65.4 Å². The Kier molecular flexibility index (Phi) is 9.95. The first kappa shape index (κ1) is 43.4. The molecule has 0 aliphatic heterocycles. The molecule has 5 aromatic heterocycles. The van der Waals surface area contributed by atoms with Crippen molar-refractivity contribution in [3.8, 4) is 74.0 Å². The van der Waals surface area contributed by atoms with Crippen LogP contribution in [0.4, 0.5) is 0 Å². The molecule has 0 spiro atoms. The standard InChI is InChI=1S/C68H43N7/c1-42-23-27-65-55(32-42)56-33-43(2)24-28-66(56)75(65)68-59(52-18-4-3-17-51(52)48-14-11-31-71-41-48)38-60(46-12-9-15-49(36-46)73-61-21-7-5-19-53(61)57-34-44(39-69)25-29-63(57)73)72-67(68)47-13-10-16-50(37-47)74-62-22-8-6-20-54(62)58-35-45(40-70)26-30-64(58)74/h3-38,41H,1-2H3. The maximum atomic E-state index is 10.00. The topological polar surface area (TPSA) is 88.2 Å². The predicted molar refractivity (Wildman–Crippen MR) is 306 cm³/mol. The van der Waals surface area contributed by atoms with Crippen LogP contribution in [0.1, 0.15) is 22.3 Å². The van der Waals surface area contributed by atoms with Crippen LogP contribution in [0.25, 0.3) is 127 Å². The van der Waals surface area contributed by atoms with Gasteiger partial charge in [-0.15, -0.1) is 0 Å². The Morgan fingerprint density at radius 3 is 1.45 bits per heavy atom. The number of fused-ring (bicyclic) bond motifs is 9. The molecule has 0 fully saturated rings. The first-order valence-electron chi connectivity index (χ1n) is 25.1. The highest BCUT2D eigenvalue weighted by Crippen LogP contribution is 2.46. The number of para-hydroxylation sites is 2. The minimum atomic E-state index is 0.621. The number of rotatable bonds is 7. The highest BCUT2D eigenvalue weighted by Gasteiger charge is 2.26. The summed E-state index contributed by atoms with van der Waals surface area (Å²) in [6.07, 6.45) is 3.76. The molecule has 0 unspecified atom stereocenters. The van der Waals surface area contributed by atoms with E-state index >= 15 is 0 Å². The Bertz CT molecular complexity index is 4710. The number of aromatic nitrogens is 5. The van der Waals surface area contributed by atoms with Crippen molar-refractivity contribution in [2.45, 2.75) is 13.8 Å². The lowest BCUT2D eigenvalue weighted by atomic mass is 9.91. The average Bonchev–Trinajstić information content (AvgIpc) is 4.11. The lowest BCUT2D eigenvalue weighted by Gasteiger charge is -2.22. The van der Waals surface area contributed by atoms with Gasteiger partial charge in [0.15, 0.2) is 0 Å². The fraction of sp³-hybridized carbons (Fsp3) is 0.0294. The molecule has 0 aliphatic carbocycles. The molecule has 5 heterocycles. The van der Waals surface area contributed by atoms with Gasteiger partial charge in [0.1, 0.15) is 0 Å². The molecule has 0 atom stereocenters. The van der Waals surface area contributed by atoms with Crippen molar-refractivity contribution in [3.05, 3.63) is 247 Å².